The van der Waals surface area contributed by atoms with Gasteiger partial charge < -0.3 is 10.2 Å². The van der Waals surface area contributed by atoms with Crippen molar-refractivity contribution in [2.45, 2.75) is 32.1 Å². The molecule has 27 heavy (non-hydrogen) atoms. The van der Waals surface area contributed by atoms with E-state index >= 15 is 0 Å². The zero-order valence-corrected chi connectivity index (χ0v) is 16.6. The first kappa shape index (κ1) is 21.6. The van der Waals surface area contributed by atoms with Gasteiger partial charge in [-0.1, -0.05) is 11.6 Å². The van der Waals surface area contributed by atoms with Gasteiger partial charge in [0, 0.05) is 43.5 Å². The van der Waals surface area contributed by atoms with E-state index in [-0.39, 0.29) is 29.6 Å². The average molecular weight is 417 g/mol. The minimum Gasteiger partial charge on any atom is -0.358 e. The normalized spacial score (nSPS) is 18.1. The number of nitrogens with one attached hydrogen (secondary N) is 2. The van der Waals surface area contributed by atoms with Crippen LogP contribution in [0.4, 0.5) is 14.5 Å². The van der Waals surface area contributed by atoms with E-state index in [1.165, 1.54) is 22.9 Å². The maximum atomic E-state index is 12.8. The third-order valence-electron chi connectivity index (χ3n) is 4.12. The van der Waals surface area contributed by atoms with Gasteiger partial charge in [0.25, 0.3) is 5.92 Å². The number of hydrogen-bond acceptors (Lipinski definition) is 5. The lowest BCUT2D eigenvalue weighted by Crippen LogP contribution is -2.32. The van der Waals surface area contributed by atoms with Crippen LogP contribution in [-0.4, -0.2) is 44.9 Å². The summed E-state index contributed by atoms with van der Waals surface area (Å²) in [4.78, 5) is 17.9. The smallest absolute Gasteiger partial charge is 0.252 e. The van der Waals surface area contributed by atoms with Crippen molar-refractivity contribution in [1.82, 2.24) is 9.88 Å². The Morgan fingerprint density at radius 3 is 2.89 bits per heavy atom. The van der Waals surface area contributed by atoms with E-state index in [1.807, 2.05) is 0 Å². The number of carbonyl (C=O) groups excluding carboxylic acids is 1. The molecule has 0 radical (unpaired) electrons. The predicted octanol–water partition coefficient (Wildman–Crippen LogP) is 4.57. The molecule has 1 aliphatic carbocycles. The van der Waals surface area contributed by atoms with Crippen molar-refractivity contribution in [2.75, 3.05) is 23.4 Å². The fourth-order valence-electron chi connectivity index (χ4n) is 2.48. The molecule has 2 N–H and O–H groups in total. The fourth-order valence-corrected chi connectivity index (χ4v) is 3.80. The molecule has 1 heterocycles. The Kier molecular flexibility index (Phi) is 8.04. The number of anilines is 1. The highest BCUT2D eigenvalue weighted by Gasteiger charge is 2.56. The SMILES string of the molecule is CCN(C(=O)CCCSCC1CC1(F)F)/C(=C/Nc1cccnc1)C(=N)Cl. The number of nitrogens with zero attached hydrogens (tertiary/aromatic N) is 2. The van der Waals surface area contributed by atoms with E-state index in [9.17, 15) is 13.6 Å². The van der Waals surface area contributed by atoms with Gasteiger partial charge in [0.1, 0.15) is 5.17 Å². The van der Waals surface area contributed by atoms with Gasteiger partial charge in [0.2, 0.25) is 5.91 Å². The van der Waals surface area contributed by atoms with Crippen molar-refractivity contribution in [1.29, 1.82) is 5.41 Å². The summed E-state index contributed by atoms with van der Waals surface area (Å²) < 4.78 is 25.6. The van der Waals surface area contributed by atoms with Crippen LogP contribution >= 0.6 is 23.4 Å². The molecule has 1 aromatic heterocycles. The van der Waals surface area contributed by atoms with E-state index < -0.39 is 11.8 Å². The van der Waals surface area contributed by atoms with Crippen LogP contribution in [0.15, 0.2) is 36.4 Å². The van der Waals surface area contributed by atoms with E-state index in [0.29, 0.717) is 30.2 Å². The summed E-state index contributed by atoms with van der Waals surface area (Å²) >= 11 is 7.33. The van der Waals surface area contributed by atoms with Crippen molar-refractivity contribution in [3.05, 3.63) is 36.4 Å². The van der Waals surface area contributed by atoms with Crippen molar-refractivity contribution < 1.29 is 13.6 Å². The maximum absolute atomic E-state index is 12.8. The van der Waals surface area contributed by atoms with E-state index in [0.717, 1.165) is 0 Å². The van der Waals surface area contributed by atoms with Gasteiger partial charge in [-0.05, 0) is 31.2 Å². The largest absolute Gasteiger partial charge is 0.358 e. The second-order valence-electron chi connectivity index (χ2n) is 6.21. The van der Waals surface area contributed by atoms with Crippen molar-refractivity contribution in [3.63, 3.8) is 0 Å². The molecule has 5 nitrogen and oxygen atoms in total. The molecule has 2 rings (SSSR count). The fraction of sp³-hybridized carbons (Fsp3) is 0.500. The molecule has 1 fully saturated rings. The monoisotopic (exact) mass is 416 g/mol. The maximum Gasteiger partial charge on any atom is 0.252 e. The number of thioether (sulfide) groups is 1. The summed E-state index contributed by atoms with van der Waals surface area (Å²) in [6.07, 6.45) is 5.62. The number of pyridine rings is 1. The Morgan fingerprint density at radius 2 is 2.33 bits per heavy atom. The molecule has 0 spiro atoms. The molecule has 1 amide bonds. The van der Waals surface area contributed by atoms with Crippen LogP contribution < -0.4 is 5.32 Å². The predicted molar refractivity (Wildman–Crippen MR) is 107 cm³/mol. The zero-order chi connectivity index (χ0) is 19.9. The molecule has 148 valence electrons. The highest BCUT2D eigenvalue weighted by atomic mass is 35.5. The molecule has 0 aliphatic heterocycles. The first-order valence-electron chi connectivity index (χ1n) is 8.72. The Balaban J connectivity index is 1.83. The van der Waals surface area contributed by atoms with Crippen LogP contribution in [0.1, 0.15) is 26.2 Å². The van der Waals surface area contributed by atoms with Crippen LogP contribution in [0.5, 0.6) is 0 Å². The second kappa shape index (κ2) is 10.0. The van der Waals surface area contributed by atoms with Gasteiger partial charge in [-0.2, -0.15) is 11.8 Å². The molecule has 0 bridgehead atoms. The highest BCUT2D eigenvalue weighted by molar-refractivity contribution is 7.99. The number of carbonyl (C=O) groups is 1. The number of alkyl halides is 2. The van der Waals surface area contributed by atoms with Crippen LogP contribution in [0, 0.1) is 11.3 Å². The molecular formula is C18H23ClF2N4OS. The van der Waals surface area contributed by atoms with Crippen LogP contribution in [0.3, 0.4) is 0 Å². The molecule has 1 aliphatic rings. The summed E-state index contributed by atoms with van der Waals surface area (Å²) in [7, 11) is 0. The molecule has 1 atom stereocenters. The van der Waals surface area contributed by atoms with Gasteiger partial charge in [-0.3, -0.25) is 15.2 Å². The number of hydrogen-bond donors (Lipinski definition) is 2. The summed E-state index contributed by atoms with van der Waals surface area (Å²) in [5.41, 5.74) is 0.989. The molecule has 0 saturated heterocycles. The van der Waals surface area contributed by atoms with E-state index in [1.54, 1.807) is 31.5 Å². The van der Waals surface area contributed by atoms with E-state index in [4.69, 9.17) is 17.0 Å². The molecule has 1 aromatic rings. The minimum absolute atomic E-state index is 0.0154. The van der Waals surface area contributed by atoms with Crippen molar-refractivity contribution >= 4 is 40.1 Å². The topological polar surface area (TPSA) is 69.1 Å². The first-order valence-corrected chi connectivity index (χ1v) is 10.3. The van der Waals surface area contributed by atoms with E-state index in [2.05, 4.69) is 10.3 Å². The Hall–Kier alpha value is -1.67. The van der Waals surface area contributed by atoms with Crippen molar-refractivity contribution in [2.24, 2.45) is 5.92 Å². The van der Waals surface area contributed by atoms with Crippen LogP contribution in [0.2, 0.25) is 0 Å². The Morgan fingerprint density at radius 1 is 1.59 bits per heavy atom. The number of rotatable bonds is 11. The van der Waals surface area contributed by atoms with Gasteiger partial charge in [-0.25, -0.2) is 8.78 Å². The van der Waals surface area contributed by atoms with Gasteiger partial charge in [-0.15, -0.1) is 0 Å². The third kappa shape index (κ3) is 6.77. The Labute approximate surface area is 167 Å². The first-order chi connectivity index (χ1) is 12.8. The molecule has 9 heteroatoms. The number of allylic oxidation sites excluding steroid dienone is 1. The molecular weight excluding hydrogens is 394 g/mol. The second-order valence-corrected chi connectivity index (χ2v) is 7.74. The highest BCUT2D eigenvalue weighted by Crippen LogP contribution is 2.50. The average Bonchev–Trinajstić information content (AvgIpc) is 3.25. The summed E-state index contributed by atoms with van der Waals surface area (Å²) in [5.74, 6) is -2.05. The standard InChI is InChI=1S/C18H23ClF2N4OS/c1-2-25(15(17(19)22)11-24-14-5-3-7-23-10-14)16(26)6-4-8-27-12-13-9-18(13,20)21/h3,5,7,10-11,13,22,24H,2,4,6,8-9,12H2,1H3/b15-11+,22-17?. The van der Waals surface area contributed by atoms with Crippen LogP contribution in [0.25, 0.3) is 0 Å². The number of amides is 1. The van der Waals surface area contributed by atoms with Gasteiger partial charge in [0.15, 0.2) is 0 Å². The third-order valence-corrected chi connectivity index (χ3v) is 5.53. The molecule has 1 saturated carbocycles. The lowest BCUT2D eigenvalue weighted by molar-refractivity contribution is -0.128. The quantitative estimate of drug-likeness (QED) is 0.409. The summed E-state index contributed by atoms with van der Waals surface area (Å²) in [6.45, 7) is 2.18. The zero-order valence-electron chi connectivity index (χ0n) is 15.1. The van der Waals surface area contributed by atoms with Crippen molar-refractivity contribution in [3.8, 4) is 0 Å². The minimum atomic E-state index is -2.48. The van der Waals surface area contributed by atoms with Gasteiger partial charge in [0.05, 0.1) is 17.6 Å². The molecule has 0 aromatic carbocycles. The summed E-state index contributed by atoms with van der Waals surface area (Å²) in [5, 5.41) is 10.5. The van der Waals surface area contributed by atoms with Crippen LogP contribution in [-0.2, 0) is 4.79 Å². The summed E-state index contributed by atoms with van der Waals surface area (Å²) in [6, 6.07) is 3.57. The lowest BCUT2D eigenvalue weighted by Gasteiger charge is -2.23. The molecule has 1 unspecified atom stereocenters. The van der Waals surface area contributed by atoms with Gasteiger partial charge >= 0.3 is 0 Å². The number of halogens is 3. The number of aromatic nitrogens is 1. The lowest BCUT2D eigenvalue weighted by atomic mass is 10.2. The Bertz CT molecular complexity index is 687.